The van der Waals surface area contributed by atoms with Crippen molar-refractivity contribution in [3.63, 3.8) is 0 Å². The first kappa shape index (κ1) is 15.9. The molecule has 0 N–H and O–H groups in total. The minimum absolute atomic E-state index is 0.0201. The number of carbonyl (C=O) groups excluding carboxylic acids is 1. The quantitative estimate of drug-likeness (QED) is 0.844. The van der Waals surface area contributed by atoms with E-state index in [-0.39, 0.29) is 23.6 Å². The van der Waals surface area contributed by atoms with E-state index in [1.54, 1.807) is 11.0 Å². The molecule has 120 valence electrons. The number of halogens is 2. The van der Waals surface area contributed by atoms with Crippen molar-refractivity contribution < 1.29 is 13.9 Å². The van der Waals surface area contributed by atoms with E-state index in [1.807, 2.05) is 25.1 Å². The van der Waals surface area contributed by atoms with Crippen LogP contribution in [0.4, 0.5) is 4.39 Å². The number of pyridine rings is 1. The molecule has 0 radical (unpaired) electrons. The number of benzene rings is 1. The number of morpholine rings is 1. The summed E-state index contributed by atoms with van der Waals surface area (Å²) in [6.07, 6.45) is 2.13. The molecule has 1 saturated heterocycles. The Hall–Kier alpha value is -1.98. The van der Waals surface area contributed by atoms with Crippen molar-refractivity contribution in [1.29, 1.82) is 0 Å². The number of aromatic nitrogens is 1. The van der Waals surface area contributed by atoms with Crippen LogP contribution in [0.25, 0.3) is 0 Å². The standard InChI is InChI=1S/C17H16ClFN2O2/c1-11-10-23-16(12-4-2-3-5-14(12)18)9-21(11)17(22)13-6-7-20-8-15(13)19/h2-8,11,16H,9-10H2,1H3. The highest BCUT2D eigenvalue weighted by Crippen LogP contribution is 2.30. The minimum atomic E-state index is -0.620. The van der Waals surface area contributed by atoms with Crippen LogP contribution >= 0.6 is 11.6 Å². The van der Waals surface area contributed by atoms with E-state index >= 15 is 0 Å². The summed E-state index contributed by atoms with van der Waals surface area (Å²) < 4.78 is 19.7. The van der Waals surface area contributed by atoms with Gasteiger partial charge in [0.05, 0.1) is 31.0 Å². The Kier molecular flexibility index (Phi) is 4.59. The largest absolute Gasteiger partial charge is 0.369 e. The van der Waals surface area contributed by atoms with Gasteiger partial charge in [-0.3, -0.25) is 9.78 Å². The zero-order valence-electron chi connectivity index (χ0n) is 12.6. The Morgan fingerprint density at radius 3 is 2.91 bits per heavy atom. The molecule has 1 aliphatic rings. The highest BCUT2D eigenvalue weighted by molar-refractivity contribution is 6.31. The van der Waals surface area contributed by atoms with Gasteiger partial charge in [-0.05, 0) is 19.1 Å². The predicted molar refractivity (Wildman–Crippen MR) is 84.8 cm³/mol. The van der Waals surface area contributed by atoms with E-state index in [0.717, 1.165) is 11.8 Å². The number of carbonyl (C=O) groups is 1. The normalized spacial score (nSPS) is 21.3. The maximum absolute atomic E-state index is 13.8. The van der Waals surface area contributed by atoms with Gasteiger partial charge in [0.1, 0.15) is 6.10 Å². The Labute approximate surface area is 138 Å². The fraction of sp³-hybridized carbons (Fsp3) is 0.294. The number of ether oxygens (including phenoxy) is 1. The van der Waals surface area contributed by atoms with Gasteiger partial charge in [-0.15, -0.1) is 0 Å². The van der Waals surface area contributed by atoms with Gasteiger partial charge in [0.25, 0.3) is 5.91 Å². The Bertz CT molecular complexity index is 725. The van der Waals surface area contributed by atoms with Crippen molar-refractivity contribution in [3.8, 4) is 0 Å². The van der Waals surface area contributed by atoms with Crippen LogP contribution in [0.1, 0.15) is 28.9 Å². The lowest BCUT2D eigenvalue weighted by molar-refractivity contribution is -0.0487. The van der Waals surface area contributed by atoms with Crippen molar-refractivity contribution in [2.24, 2.45) is 0 Å². The lowest BCUT2D eigenvalue weighted by Gasteiger charge is -2.38. The summed E-state index contributed by atoms with van der Waals surface area (Å²) in [6, 6.07) is 8.62. The third-order valence-electron chi connectivity index (χ3n) is 3.95. The van der Waals surface area contributed by atoms with E-state index < -0.39 is 5.82 Å². The maximum atomic E-state index is 13.8. The Morgan fingerprint density at radius 2 is 2.17 bits per heavy atom. The van der Waals surface area contributed by atoms with Crippen LogP contribution in [-0.4, -0.2) is 35.0 Å². The molecule has 0 spiro atoms. The summed E-state index contributed by atoms with van der Waals surface area (Å²) in [5.74, 6) is -0.983. The van der Waals surface area contributed by atoms with Gasteiger partial charge in [0.2, 0.25) is 0 Å². The molecule has 1 fully saturated rings. The molecule has 2 atom stereocenters. The van der Waals surface area contributed by atoms with Gasteiger partial charge in [-0.1, -0.05) is 29.8 Å². The van der Waals surface area contributed by atoms with E-state index in [9.17, 15) is 9.18 Å². The summed E-state index contributed by atoms with van der Waals surface area (Å²) >= 11 is 6.21. The van der Waals surface area contributed by atoms with Gasteiger partial charge in [0, 0.05) is 16.8 Å². The number of nitrogens with zero attached hydrogens (tertiary/aromatic N) is 2. The second kappa shape index (κ2) is 6.64. The topological polar surface area (TPSA) is 42.4 Å². The highest BCUT2D eigenvalue weighted by atomic mass is 35.5. The first-order valence-corrected chi connectivity index (χ1v) is 7.72. The van der Waals surface area contributed by atoms with Crippen molar-refractivity contribution >= 4 is 17.5 Å². The second-order valence-corrected chi connectivity index (χ2v) is 5.91. The van der Waals surface area contributed by atoms with Crippen LogP contribution in [0.15, 0.2) is 42.7 Å². The summed E-state index contributed by atoms with van der Waals surface area (Å²) in [6.45, 7) is 2.57. The van der Waals surface area contributed by atoms with E-state index in [2.05, 4.69) is 4.98 Å². The highest BCUT2D eigenvalue weighted by Gasteiger charge is 2.32. The lowest BCUT2D eigenvalue weighted by Crippen LogP contribution is -2.48. The van der Waals surface area contributed by atoms with Crippen LogP contribution in [0.3, 0.4) is 0 Å². The summed E-state index contributed by atoms with van der Waals surface area (Å²) in [5.41, 5.74) is 0.848. The van der Waals surface area contributed by atoms with Crippen LogP contribution in [-0.2, 0) is 4.74 Å². The Morgan fingerprint density at radius 1 is 1.39 bits per heavy atom. The maximum Gasteiger partial charge on any atom is 0.257 e. The van der Waals surface area contributed by atoms with Crippen molar-refractivity contribution in [1.82, 2.24) is 9.88 Å². The average molecular weight is 335 g/mol. The first-order valence-electron chi connectivity index (χ1n) is 7.34. The van der Waals surface area contributed by atoms with Gasteiger partial charge in [-0.2, -0.15) is 0 Å². The molecule has 0 saturated carbocycles. The predicted octanol–water partition coefficient (Wildman–Crippen LogP) is 3.48. The zero-order valence-corrected chi connectivity index (χ0v) is 13.3. The summed E-state index contributed by atoms with van der Waals surface area (Å²) in [7, 11) is 0. The lowest BCUT2D eigenvalue weighted by atomic mass is 10.0. The molecule has 0 aliphatic carbocycles. The van der Waals surface area contributed by atoms with Crippen molar-refractivity contribution in [3.05, 3.63) is 64.7 Å². The first-order chi connectivity index (χ1) is 11.1. The molecule has 1 amide bonds. The molecule has 2 unspecified atom stereocenters. The van der Waals surface area contributed by atoms with Crippen molar-refractivity contribution in [2.75, 3.05) is 13.2 Å². The van der Waals surface area contributed by atoms with Crippen LogP contribution in [0.5, 0.6) is 0 Å². The van der Waals surface area contributed by atoms with Crippen LogP contribution in [0.2, 0.25) is 5.02 Å². The average Bonchev–Trinajstić information content (AvgIpc) is 2.56. The number of amides is 1. The molecule has 23 heavy (non-hydrogen) atoms. The third-order valence-corrected chi connectivity index (χ3v) is 4.29. The third kappa shape index (κ3) is 3.21. The van der Waals surface area contributed by atoms with Crippen LogP contribution < -0.4 is 0 Å². The molecule has 1 aromatic heterocycles. The summed E-state index contributed by atoms with van der Waals surface area (Å²) in [4.78, 5) is 18.0. The molecule has 0 bridgehead atoms. The molecular weight excluding hydrogens is 319 g/mol. The van der Waals surface area contributed by atoms with E-state index in [4.69, 9.17) is 16.3 Å². The molecular formula is C17H16ClFN2O2. The zero-order chi connectivity index (χ0) is 16.4. The molecule has 1 aliphatic heterocycles. The minimum Gasteiger partial charge on any atom is -0.369 e. The van der Waals surface area contributed by atoms with Gasteiger partial charge in [0.15, 0.2) is 5.82 Å². The molecule has 1 aromatic carbocycles. The SMILES string of the molecule is CC1COC(c2ccccc2Cl)CN1C(=O)c1ccncc1F. The molecule has 3 rings (SSSR count). The van der Waals surface area contributed by atoms with Gasteiger partial charge >= 0.3 is 0 Å². The van der Waals surface area contributed by atoms with Gasteiger partial charge < -0.3 is 9.64 Å². The number of hydrogen-bond donors (Lipinski definition) is 0. The smallest absolute Gasteiger partial charge is 0.257 e. The number of rotatable bonds is 2. The second-order valence-electron chi connectivity index (χ2n) is 5.51. The fourth-order valence-corrected chi connectivity index (χ4v) is 2.92. The van der Waals surface area contributed by atoms with E-state index in [0.29, 0.717) is 18.2 Å². The van der Waals surface area contributed by atoms with Crippen molar-refractivity contribution in [2.45, 2.75) is 19.1 Å². The number of hydrogen-bond acceptors (Lipinski definition) is 3. The summed E-state index contributed by atoms with van der Waals surface area (Å²) in [5, 5.41) is 0.592. The monoisotopic (exact) mass is 334 g/mol. The molecule has 2 aromatic rings. The van der Waals surface area contributed by atoms with Gasteiger partial charge in [-0.25, -0.2) is 4.39 Å². The van der Waals surface area contributed by atoms with Crippen LogP contribution in [0, 0.1) is 5.82 Å². The molecule has 4 nitrogen and oxygen atoms in total. The van der Waals surface area contributed by atoms with E-state index in [1.165, 1.54) is 12.3 Å². The Balaban J connectivity index is 1.86. The molecule has 2 heterocycles. The fourth-order valence-electron chi connectivity index (χ4n) is 2.67. The molecule has 6 heteroatoms.